The molecule has 0 saturated carbocycles. The van der Waals surface area contributed by atoms with Crippen molar-refractivity contribution in [2.75, 3.05) is 13.1 Å². The van der Waals surface area contributed by atoms with Gasteiger partial charge < -0.3 is 4.90 Å². The number of benzene rings is 1. The first-order chi connectivity index (χ1) is 13.1. The lowest BCUT2D eigenvalue weighted by molar-refractivity contribution is 0.0650. The third-order valence-electron chi connectivity index (χ3n) is 4.76. The number of hydrogen-bond acceptors (Lipinski definition) is 7. The lowest BCUT2D eigenvalue weighted by atomic mass is 9.92. The fourth-order valence-corrected chi connectivity index (χ4v) is 3.94. The number of likely N-dealkylation sites (tertiary alicyclic amines) is 1. The lowest BCUT2D eigenvalue weighted by Crippen LogP contribution is -2.40. The summed E-state index contributed by atoms with van der Waals surface area (Å²) in [5, 5.41) is 13.8. The first kappa shape index (κ1) is 17.5. The summed E-state index contributed by atoms with van der Waals surface area (Å²) in [4.78, 5) is 31.2. The molecule has 0 unspecified atom stereocenters. The molecule has 0 bridgehead atoms. The topological polar surface area (TPSA) is 93.9 Å². The van der Waals surface area contributed by atoms with Gasteiger partial charge in [-0.15, -0.1) is 16.4 Å². The molecule has 3 heterocycles. The van der Waals surface area contributed by atoms with E-state index in [1.54, 1.807) is 34.8 Å². The van der Waals surface area contributed by atoms with Gasteiger partial charge in [-0.1, -0.05) is 6.07 Å². The van der Waals surface area contributed by atoms with Gasteiger partial charge >= 0.3 is 0 Å². The number of carbonyl (C=O) groups is 2. The number of thiazole rings is 1. The Hall–Kier alpha value is -2.94. The summed E-state index contributed by atoms with van der Waals surface area (Å²) >= 11 is 1.37. The number of nitrogens with zero attached hydrogens (tertiary/aromatic N) is 6. The largest absolute Gasteiger partial charge is 0.339 e. The second kappa shape index (κ2) is 7.36. The molecular weight excluding hydrogens is 364 g/mol. The minimum atomic E-state index is -0.0598. The van der Waals surface area contributed by atoms with Crippen LogP contribution in [0.15, 0.2) is 35.8 Å². The zero-order valence-electron chi connectivity index (χ0n) is 14.8. The zero-order valence-corrected chi connectivity index (χ0v) is 15.6. The molecule has 0 atom stereocenters. The van der Waals surface area contributed by atoms with Crippen molar-refractivity contribution in [2.45, 2.75) is 19.8 Å². The van der Waals surface area contributed by atoms with Crippen molar-refractivity contribution in [2.24, 2.45) is 5.92 Å². The van der Waals surface area contributed by atoms with Crippen LogP contribution in [0.5, 0.6) is 0 Å². The third kappa shape index (κ3) is 3.50. The molecule has 138 valence electrons. The van der Waals surface area contributed by atoms with E-state index in [0.29, 0.717) is 42.3 Å². The number of aryl methyl sites for hydroxylation is 1. The summed E-state index contributed by atoms with van der Waals surface area (Å²) in [6.07, 6.45) is 2.97. The van der Waals surface area contributed by atoms with E-state index < -0.39 is 0 Å². The summed E-state index contributed by atoms with van der Waals surface area (Å²) in [6.45, 7) is 2.93. The number of piperidine rings is 1. The van der Waals surface area contributed by atoms with Crippen LogP contribution in [0.25, 0.3) is 5.69 Å². The van der Waals surface area contributed by atoms with E-state index in [1.165, 1.54) is 11.3 Å². The lowest BCUT2D eigenvalue weighted by Gasteiger charge is -2.31. The van der Waals surface area contributed by atoms with Crippen LogP contribution in [-0.2, 0) is 0 Å². The van der Waals surface area contributed by atoms with Gasteiger partial charge in [0, 0.05) is 36.1 Å². The molecular formula is C18H18N6O2S. The molecule has 9 heteroatoms. The molecule has 4 rings (SSSR count). The Kier molecular flexibility index (Phi) is 4.76. The minimum Gasteiger partial charge on any atom is -0.339 e. The van der Waals surface area contributed by atoms with Crippen molar-refractivity contribution in [3.05, 3.63) is 52.2 Å². The van der Waals surface area contributed by atoms with Crippen LogP contribution in [0, 0.1) is 12.8 Å². The van der Waals surface area contributed by atoms with E-state index in [-0.39, 0.29) is 17.6 Å². The normalized spacial score (nSPS) is 15.1. The smallest absolute Gasteiger partial charge is 0.253 e. The zero-order chi connectivity index (χ0) is 18.8. The second-order valence-electron chi connectivity index (χ2n) is 6.46. The summed E-state index contributed by atoms with van der Waals surface area (Å²) in [6, 6.07) is 7.26. The Morgan fingerprint density at radius 1 is 1.22 bits per heavy atom. The highest BCUT2D eigenvalue weighted by molar-refractivity contribution is 7.11. The molecule has 0 spiro atoms. The van der Waals surface area contributed by atoms with Crippen LogP contribution in [0.2, 0.25) is 0 Å². The summed E-state index contributed by atoms with van der Waals surface area (Å²) in [7, 11) is 0. The van der Waals surface area contributed by atoms with Crippen LogP contribution in [0.3, 0.4) is 0 Å². The van der Waals surface area contributed by atoms with Crippen LogP contribution in [-0.4, -0.2) is 54.9 Å². The van der Waals surface area contributed by atoms with Crippen molar-refractivity contribution < 1.29 is 9.59 Å². The van der Waals surface area contributed by atoms with E-state index in [1.807, 2.05) is 17.5 Å². The van der Waals surface area contributed by atoms with E-state index in [4.69, 9.17) is 0 Å². The number of Topliss-reactive ketones (excluding diaryl/α,β-unsaturated/α-hetero) is 1. The molecule has 1 amide bonds. The fraction of sp³-hybridized carbons (Fsp3) is 0.333. The molecule has 3 aromatic rings. The maximum atomic E-state index is 12.9. The summed E-state index contributed by atoms with van der Waals surface area (Å²) in [5.41, 5.74) is 1.34. The highest BCUT2D eigenvalue weighted by Gasteiger charge is 2.29. The predicted molar refractivity (Wildman–Crippen MR) is 99.0 cm³/mol. The van der Waals surface area contributed by atoms with Crippen LogP contribution in [0.1, 0.15) is 38.8 Å². The summed E-state index contributed by atoms with van der Waals surface area (Å²) < 4.78 is 1.59. The van der Waals surface area contributed by atoms with Crippen molar-refractivity contribution >= 4 is 23.0 Å². The molecule has 27 heavy (non-hydrogen) atoms. The first-order valence-electron chi connectivity index (χ1n) is 8.72. The molecule has 0 radical (unpaired) electrons. The highest BCUT2D eigenvalue weighted by Crippen LogP contribution is 2.24. The molecule has 0 aliphatic carbocycles. The van der Waals surface area contributed by atoms with Gasteiger partial charge in [0.25, 0.3) is 5.91 Å². The Balaban J connectivity index is 1.44. The number of rotatable bonds is 4. The Labute approximate surface area is 159 Å². The van der Waals surface area contributed by atoms with Gasteiger partial charge in [-0.2, -0.15) is 4.68 Å². The van der Waals surface area contributed by atoms with Gasteiger partial charge in [0.15, 0.2) is 16.6 Å². The van der Waals surface area contributed by atoms with Crippen LogP contribution < -0.4 is 0 Å². The van der Waals surface area contributed by atoms with Crippen molar-refractivity contribution in [3.63, 3.8) is 0 Å². The molecule has 0 N–H and O–H groups in total. The van der Waals surface area contributed by atoms with Gasteiger partial charge in [0.1, 0.15) is 0 Å². The maximum Gasteiger partial charge on any atom is 0.253 e. The third-order valence-corrected chi connectivity index (χ3v) is 5.55. The predicted octanol–water partition coefficient (Wildman–Crippen LogP) is 2.16. The average Bonchev–Trinajstić information content (AvgIpc) is 3.39. The first-order valence-corrected chi connectivity index (χ1v) is 9.60. The highest BCUT2D eigenvalue weighted by atomic mass is 32.1. The Bertz CT molecular complexity index is 960. The average molecular weight is 382 g/mol. The second-order valence-corrected chi connectivity index (χ2v) is 7.35. The molecule has 1 saturated heterocycles. The van der Waals surface area contributed by atoms with Gasteiger partial charge in [-0.3, -0.25) is 9.59 Å². The van der Waals surface area contributed by atoms with E-state index in [0.717, 1.165) is 5.69 Å². The molecule has 1 aliphatic rings. The van der Waals surface area contributed by atoms with Gasteiger partial charge in [0.2, 0.25) is 0 Å². The number of amides is 1. The number of aromatic nitrogens is 5. The Morgan fingerprint density at radius 2 is 2.04 bits per heavy atom. The maximum absolute atomic E-state index is 12.9. The Morgan fingerprint density at radius 3 is 2.70 bits per heavy atom. The van der Waals surface area contributed by atoms with E-state index in [2.05, 4.69) is 20.5 Å². The monoisotopic (exact) mass is 382 g/mol. The molecule has 2 aromatic heterocycles. The SMILES string of the molecule is Cc1nnnn1-c1cccc(C(=O)N2CCC(C(=O)c3nccs3)CC2)c1. The molecule has 1 aliphatic heterocycles. The van der Waals surface area contributed by atoms with Crippen molar-refractivity contribution in [3.8, 4) is 5.69 Å². The van der Waals surface area contributed by atoms with Crippen molar-refractivity contribution in [1.29, 1.82) is 0 Å². The number of hydrogen-bond donors (Lipinski definition) is 0. The van der Waals surface area contributed by atoms with E-state index in [9.17, 15) is 9.59 Å². The van der Waals surface area contributed by atoms with Gasteiger partial charge in [-0.25, -0.2) is 4.98 Å². The number of carbonyl (C=O) groups excluding carboxylic acids is 2. The summed E-state index contributed by atoms with van der Waals surface area (Å²) in [5.74, 6) is 0.646. The quantitative estimate of drug-likeness (QED) is 0.642. The van der Waals surface area contributed by atoms with Gasteiger partial charge in [0.05, 0.1) is 5.69 Å². The molecule has 1 aromatic carbocycles. The number of ketones is 1. The standard InChI is InChI=1S/C18H18N6O2S/c1-12-20-21-22-24(12)15-4-2-3-14(11-15)18(26)23-8-5-13(6-9-23)16(25)17-19-7-10-27-17/h2-4,7,10-11,13H,5-6,8-9H2,1H3. The number of tetrazole rings is 1. The van der Waals surface area contributed by atoms with Crippen LogP contribution >= 0.6 is 11.3 Å². The molecule has 1 fully saturated rings. The van der Waals surface area contributed by atoms with Gasteiger partial charge in [-0.05, 0) is 48.4 Å². The minimum absolute atomic E-state index is 0.0391. The van der Waals surface area contributed by atoms with Crippen molar-refractivity contribution in [1.82, 2.24) is 30.1 Å². The van der Waals surface area contributed by atoms with E-state index >= 15 is 0 Å². The fourth-order valence-electron chi connectivity index (χ4n) is 3.29. The molecule has 8 nitrogen and oxygen atoms in total. The van der Waals surface area contributed by atoms with Crippen LogP contribution in [0.4, 0.5) is 0 Å².